The first-order valence-corrected chi connectivity index (χ1v) is 7.00. The first kappa shape index (κ1) is 14.0. The fraction of sp³-hybridized carbons (Fsp3) is 0.600. The molecule has 2 rings (SSSR count). The highest BCUT2D eigenvalue weighted by molar-refractivity contribution is 5.72. The molecule has 0 N–H and O–H groups in total. The number of hydrogen-bond donors (Lipinski definition) is 0. The molecule has 0 amide bonds. The van der Waals surface area contributed by atoms with E-state index in [1.807, 2.05) is 19.2 Å². The van der Waals surface area contributed by atoms with E-state index >= 15 is 0 Å². The summed E-state index contributed by atoms with van der Waals surface area (Å²) in [6.45, 7) is 7.04. The SMILES string of the molecule is CCOC(=O)[C@@H]1CCCN(Cc2ncccc2C)C1. The summed E-state index contributed by atoms with van der Waals surface area (Å²) in [7, 11) is 0. The smallest absolute Gasteiger partial charge is 0.310 e. The molecule has 0 aliphatic carbocycles. The molecule has 1 aliphatic heterocycles. The molecule has 4 heteroatoms. The molecule has 2 heterocycles. The van der Waals surface area contributed by atoms with E-state index in [1.54, 1.807) is 0 Å². The second kappa shape index (κ2) is 6.66. The van der Waals surface area contributed by atoms with E-state index in [4.69, 9.17) is 4.74 Å². The number of rotatable bonds is 4. The second-order valence-corrected chi connectivity index (χ2v) is 5.09. The van der Waals surface area contributed by atoms with Gasteiger partial charge in [-0.3, -0.25) is 14.7 Å². The largest absolute Gasteiger partial charge is 0.466 e. The number of nitrogens with zero attached hydrogens (tertiary/aromatic N) is 2. The Hall–Kier alpha value is -1.42. The number of carbonyl (C=O) groups excluding carboxylic acids is 1. The van der Waals surface area contributed by atoms with E-state index < -0.39 is 0 Å². The van der Waals surface area contributed by atoms with E-state index in [1.165, 1.54) is 5.56 Å². The van der Waals surface area contributed by atoms with Crippen molar-refractivity contribution in [2.45, 2.75) is 33.2 Å². The fourth-order valence-corrected chi connectivity index (χ4v) is 2.55. The molecule has 1 fully saturated rings. The minimum atomic E-state index is -0.0510. The molecule has 1 saturated heterocycles. The number of ether oxygens (including phenoxy) is 1. The summed E-state index contributed by atoms with van der Waals surface area (Å²) in [5, 5.41) is 0. The van der Waals surface area contributed by atoms with Crippen LogP contribution in [0.4, 0.5) is 0 Å². The van der Waals surface area contributed by atoms with Crippen LogP contribution in [0.5, 0.6) is 0 Å². The predicted octanol–water partition coefficient (Wildman–Crippen LogP) is 2.17. The van der Waals surface area contributed by atoms with Crippen molar-refractivity contribution in [3.8, 4) is 0 Å². The number of esters is 1. The molecule has 1 aromatic heterocycles. The Morgan fingerprint density at radius 1 is 1.58 bits per heavy atom. The minimum Gasteiger partial charge on any atom is -0.466 e. The van der Waals surface area contributed by atoms with Crippen LogP contribution < -0.4 is 0 Å². The van der Waals surface area contributed by atoms with Gasteiger partial charge in [0, 0.05) is 19.3 Å². The van der Waals surface area contributed by atoms with Crippen LogP contribution in [0.25, 0.3) is 0 Å². The Morgan fingerprint density at radius 3 is 3.16 bits per heavy atom. The summed E-state index contributed by atoms with van der Waals surface area (Å²) in [6.07, 6.45) is 3.82. The van der Waals surface area contributed by atoms with Crippen LogP contribution in [0.3, 0.4) is 0 Å². The number of aryl methyl sites for hydroxylation is 1. The summed E-state index contributed by atoms with van der Waals surface area (Å²) >= 11 is 0. The zero-order chi connectivity index (χ0) is 13.7. The summed E-state index contributed by atoms with van der Waals surface area (Å²) < 4.78 is 5.12. The van der Waals surface area contributed by atoms with Crippen molar-refractivity contribution in [3.63, 3.8) is 0 Å². The third-order valence-corrected chi connectivity index (χ3v) is 3.62. The second-order valence-electron chi connectivity index (χ2n) is 5.09. The zero-order valence-corrected chi connectivity index (χ0v) is 11.8. The highest BCUT2D eigenvalue weighted by Crippen LogP contribution is 2.20. The van der Waals surface area contributed by atoms with Gasteiger partial charge in [0.25, 0.3) is 0 Å². The highest BCUT2D eigenvalue weighted by atomic mass is 16.5. The number of pyridine rings is 1. The standard InChI is InChI=1S/C15H22N2O2/c1-3-19-15(18)13-7-5-9-17(10-13)11-14-12(2)6-4-8-16-14/h4,6,8,13H,3,5,7,9-11H2,1-2H3/t13-/m1/s1. The molecule has 0 aromatic carbocycles. The lowest BCUT2D eigenvalue weighted by molar-refractivity contribution is -0.150. The van der Waals surface area contributed by atoms with E-state index in [0.29, 0.717) is 6.61 Å². The number of aromatic nitrogens is 1. The Kier molecular flexibility index (Phi) is 4.91. The summed E-state index contributed by atoms with van der Waals surface area (Å²) in [5.74, 6) is -0.0253. The van der Waals surface area contributed by atoms with Gasteiger partial charge in [0.05, 0.1) is 18.2 Å². The molecule has 4 nitrogen and oxygen atoms in total. The molecule has 1 aliphatic rings. The van der Waals surface area contributed by atoms with Crippen LogP contribution in [0, 0.1) is 12.8 Å². The van der Waals surface area contributed by atoms with E-state index in [-0.39, 0.29) is 11.9 Å². The zero-order valence-electron chi connectivity index (χ0n) is 11.8. The van der Waals surface area contributed by atoms with Gasteiger partial charge in [-0.2, -0.15) is 0 Å². The number of carbonyl (C=O) groups is 1. The summed E-state index contributed by atoms with van der Waals surface area (Å²) in [4.78, 5) is 18.5. The monoisotopic (exact) mass is 262 g/mol. The summed E-state index contributed by atoms with van der Waals surface area (Å²) in [6, 6.07) is 4.03. The van der Waals surface area contributed by atoms with Crippen LogP contribution in [0.2, 0.25) is 0 Å². The van der Waals surface area contributed by atoms with Gasteiger partial charge in [-0.25, -0.2) is 0 Å². The quantitative estimate of drug-likeness (QED) is 0.780. The third-order valence-electron chi connectivity index (χ3n) is 3.62. The van der Waals surface area contributed by atoms with Crippen molar-refractivity contribution in [3.05, 3.63) is 29.6 Å². The maximum Gasteiger partial charge on any atom is 0.310 e. The Bertz CT molecular complexity index is 434. The van der Waals surface area contributed by atoms with E-state index in [2.05, 4.69) is 22.9 Å². The minimum absolute atomic E-state index is 0.0257. The normalized spacial score (nSPS) is 20.2. The van der Waals surface area contributed by atoms with Crippen molar-refractivity contribution in [1.29, 1.82) is 0 Å². The fourth-order valence-electron chi connectivity index (χ4n) is 2.55. The van der Waals surface area contributed by atoms with Crippen LogP contribution in [-0.4, -0.2) is 35.5 Å². The lowest BCUT2D eigenvalue weighted by Gasteiger charge is -2.31. The van der Waals surface area contributed by atoms with E-state index in [0.717, 1.165) is 38.2 Å². The van der Waals surface area contributed by atoms with Gasteiger partial charge in [0.2, 0.25) is 0 Å². The van der Waals surface area contributed by atoms with Crippen molar-refractivity contribution in [2.75, 3.05) is 19.7 Å². The van der Waals surface area contributed by atoms with Crippen LogP contribution >= 0.6 is 0 Å². The van der Waals surface area contributed by atoms with Crippen molar-refractivity contribution < 1.29 is 9.53 Å². The highest BCUT2D eigenvalue weighted by Gasteiger charge is 2.27. The molecular formula is C15H22N2O2. The van der Waals surface area contributed by atoms with Crippen molar-refractivity contribution in [2.24, 2.45) is 5.92 Å². The lowest BCUT2D eigenvalue weighted by atomic mass is 9.98. The molecule has 0 saturated carbocycles. The van der Waals surface area contributed by atoms with Gasteiger partial charge >= 0.3 is 5.97 Å². The number of likely N-dealkylation sites (tertiary alicyclic amines) is 1. The third kappa shape index (κ3) is 3.77. The Balaban J connectivity index is 1.94. The predicted molar refractivity (Wildman–Crippen MR) is 73.6 cm³/mol. The maximum absolute atomic E-state index is 11.8. The molecule has 0 spiro atoms. The van der Waals surface area contributed by atoms with Gasteiger partial charge < -0.3 is 4.74 Å². The number of hydrogen-bond acceptors (Lipinski definition) is 4. The molecule has 19 heavy (non-hydrogen) atoms. The lowest BCUT2D eigenvalue weighted by Crippen LogP contribution is -2.39. The topological polar surface area (TPSA) is 42.4 Å². The van der Waals surface area contributed by atoms with E-state index in [9.17, 15) is 4.79 Å². The molecule has 0 bridgehead atoms. The summed E-state index contributed by atoms with van der Waals surface area (Å²) in [5.41, 5.74) is 2.31. The van der Waals surface area contributed by atoms with Crippen LogP contribution in [-0.2, 0) is 16.1 Å². The molecule has 0 radical (unpaired) electrons. The first-order valence-electron chi connectivity index (χ1n) is 7.00. The molecule has 1 atom stereocenters. The average Bonchev–Trinajstić information content (AvgIpc) is 2.42. The van der Waals surface area contributed by atoms with Crippen LogP contribution in [0.15, 0.2) is 18.3 Å². The Morgan fingerprint density at radius 2 is 2.42 bits per heavy atom. The van der Waals surface area contributed by atoms with Gasteiger partial charge in [-0.1, -0.05) is 6.07 Å². The Labute approximate surface area is 114 Å². The van der Waals surface area contributed by atoms with Gasteiger partial charge in [0.1, 0.15) is 0 Å². The van der Waals surface area contributed by atoms with Gasteiger partial charge in [0.15, 0.2) is 0 Å². The van der Waals surface area contributed by atoms with Crippen LogP contribution in [0.1, 0.15) is 31.0 Å². The average molecular weight is 262 g/mol. The number of piperidine rings is 1. The van der Waals surface area contributed by atoms with Gasteiger partial charge in [-0.05, 0) is 44.9 Å². The van der Waals surface area contributed by atoms with Crippen molar-refractivity contribution in [1.82, 2.24) is 9.88 Å². The molecule has 0 unspecified atom stereocenters. The maximum atomic E-state index is 11.8. The first-order chi connectivity index (χ1) is 9.20. The molecule has 1 aromatic rings. The molecular weight excluding hydrogens is 240 g/mol. The van der Waals surface area contributed by atoms with Gasteiger partial charge in [-0.15, -0.1) is 0 Å². The van der Waals surface area contributed by atoms with Crippen molar-refractivity contribution >= 4 is 5.97 Å². The molecule has 104 valence electrons.